The number of nitrogens with one attached hydrogen (secondary N) is 1. The zero-order valence-electron chi connectivity index (χ0n) is 42.5. The topological polar surface area (TPSA) is 151 Å². The smallest absolute Gasteiger partial charge is 0.456 e. The van der Waals surface area contributed by atoms with Gasteiger partial charge in [0.05, 0.1) is 47.1 Å². The molecule has 3 amide bonds. The van der Waals surface area contributed by atoms with E-state index in [1.54, 1.807) is 47.2 Å². The lowest BCUT2D eigenvalue weighted by atomic mass is 9.74. The molecule has 0 saturated heterocycles. The maximum atomic E-state index is 14.6. The largest absolute Gasteiger partial charge is 0.471 e. The Morgan fingerprint density at radius 3 is 1.73 bits per heavy atom. The summed E-state index contributed by atoms with van der Waals surface area (Å²) >= 11 is 2.42. The van der Waals surface area contributed by atoms with Crippen molar-refractivity contribution in [2.45, 2.75) is 109 Å². The number of halogens is 6. The monoisotopic (exact) mass is 1120 g/mol. The fourth-order valence-electron chi connectivity index (χ4n) is 10.8. The quantitative estimate of drug-likeness (QED) is 0.0575. The lowest BCUT2D eigenvalue weighted by molar-refractivity contribution is -0.171. The van der Waals surface area contributed by atoms with Gasteiger partial charge in [0.25, 0.3) is 5.91 Å². The maximum Gasteiger partial charge on any atom is 0.471 e. The predicted octanol–water partition coefficient (Wildman–Crippen LogP) is 13.6. The van der Waals surface area contributed by atoms with E-state index < -0.39 is 61.2 Å². The van der Waals surface area contributed by atoms with Gasteiger partial charge in [-0.05, 0) is 137 Å². The highest BCUT2D eigenvalue weighted by atomic mass is 32.1. The summed E-state index contributed by atoms with van der Waals surface area (Å²) < 4.78 is 115. The summed E-state index contributed by atoms with van der Waals surface area (Å²) in [7, 11) is -1.59. The molecule has 0 fully saturated rings. The van der Waals surface area contributed by atoms with Gasteiger partial charge in [0.15, 0.2) is 5.60 Å². The molecular formula is C55H48F6N5O8PS2. The Bertz CT molecular complexity index is 3330. The number of esters is 1. The van der Waals surface area contributed by atoms with E-state index >= 15 is 0 Å². The van der Waals surface area contributed by atoms with Crippen LogP contribution < -0.4 is 24.4 Å². The fraction of sp³-hybridized carbons (Fsp3) is 0.327. The predicted molar refractivity (Wildman–Crippen MR) is 278 cm³/mol. The first-order chi connectivity index (χ1) is 36.2. The molecular weight excluding hydrogens is 1070 g/mol. The molecule has 22 heteroatoms. The van der Waals surface area contributed by atoms with Gasteiger partial charge in [-0.15, -0.1) is 22.7 Å². The highest BCUT2D eigenvalue weighted by Gasteiger charge is 2.58. The van der Waals surface area contributed by atoms with Gasteiger partial charge in [-0.3, -0.25) is 24.2 Å². The standard InChI is InChI=1S/C55H48F6N5O8PS2/c1-28(2)66(29(3)4)75(71-19-9-18-62)74-32-13-10-30(11-14-32)27-63-47(67)31-12-15-33-38(22-31)53(73-48(33)68)39-23-34-41(64(49(69)54(56,57)58)51(5,6)36-16-20-76-45(34)36)25-43(39)72-44-26-42-35(24-40(44)53)46-37(17-21-77-46)52(7,8)65(42)50(70)55(59,60)61/h10-17,20-26,28-29H,9,19,27H2,1-8H3,(H,63,67). The Labute approximate surface area is 447 Å². The lowest BCUT2D eigenvalue weighted by Gasteiger charge is -2.46. The van der Waals surface area contributed by atoms with Crippen LogP contribution in [0.2, 0.25) is 0 Å². The van der Waals surface area contributed by atoms with Crippen molar-refractivity contribution in [1.29, 1.82) is 5.26 Å². The molecule has 1 unspecified atom stereocenters. The Morgan fingerprint density at radius 2 is 1.25 bits per heavy atom. The summed E-state index contributed by atoms with van der Waals surface area (Å²) in [4.78, 5) is 58.1. The second kappa shape index (κ2) is 19.0. The van der Waals surface area contributed by atoms with Crippen molar-refractivity contribution in [3.8, 4) is 44.2 Å². The number of rotatable bonds is 11. The van der Waals surface area contributed by atoms with Gasteiger partial charge in [-0.25, -0.2) is 9.46 Å². The van der Waals surface area contributed by atoms with E-state index in [1.165, 1.54) is 92.8 Å². The molecule has 0 bridgehead atoms. The maximum absolute atomic E-state index is 14.6. The molecule has 4 aromatic carbocycles. The number of benzene rings is 4. The molecule has 1 N–H and O–H groups in total. The second-order valence-electron chi connectivity index (χ2n) is 20.4. The summed E-state index contributed by atoms with van der Waals surface area (Å²) in [5.41, 5.74) is -3.56. The normalized spacial score (nSPS) is 16.5. The van der Waals surface area contributed by atoms with Gasteiger partial charge in [0, 0.05) is 73.9 Å². The van der Waals surface area contributed by atoms with Crippen LogP contribution in [0.25, 0.3) is 20.9 Å². The summed E-state index contributed by atoms with van der Waals surface area (Å²) in [6, 6.07) is 22.2. The zero-order valence-corrected chi connectivity index (χ0v) is 45.1. The first-order valence-electron chi connectivity index (χ1n) is 24.3. The number of carbonyl (C=O) groups is 4. The number of ether oxygens (including phenoxy) is 2. The molecule has 0 aliphatic carbocycles. The molecule has 6 heterocycles. The van der Waals surface area contributed by atoms with Crippen LogP contribution in [0.4, 0.5) is 37.7 Å². The van der Waals surface area contributed by atoms with E-state index in [0.29, 0.717) is 42.0 Å². The third-order valence-corrected chi connectivity index (χ3v) is 18.1. The Morgan fingerprint density at radius 1 is 0.727 bits per heavy atom. The molecule has 2 aromatic heterocycles. The SMILES string of the molecule is CC(C)N(C(C)C)P(OCCC#N)Oc1ccc(CNC(=O)c2ccc3c(c2)C2(OC3=O)c3cc4c(cc3Oc3cc5c(cc32)-c2sccc2C(C)(C)N5C(=O)C(F)(F)F)N(C(=O)C(F)(F)F)C(C)(C)c2ccsc2-4)cc1. The van der Waals surface area contributed by atoms with E-state index in [2.05, 4.69) is 16.1 Å². The van der Waals surface area contributed by atoms with Crippen molar-refractivity contribution in [2.24, 2.45) is 0 Å². The summed E-state index contributed by atoms with van der Waals surface area (Å²) in [6.07, 6.45) is -10.5. The van der Waals surface area contributed by atoms with E-state index in [0.717, 1.165) is 0 Å². The van der Waals surface area contributed by atoms with Gasteiger partial charge in [-0.2, -0.15) is 31.6 Å². The van der Waals surface area contributed by atoms with Gasteiger partial charge in [0.2, 0.25) is 0 Å². The number of carbonyl (C=O) groups excluding carboxylic acids is 4. The number of anilines is 2. The number of thiophene rings is 2. The molecule has 1 spiro atoms. The summed E-state index contributed by atoms with van der Waals surface area (Å²) in [5, 5.41) is 15.4. The minimum Gasteiger partial charge on any atom is -0.456 e. The molecule has 400 valence electrons. The van der Waals surface area contributed by atoms with Crippen LogP contribution in [-0.4, -0.2) is 59.4 Å². The van der Waals surface area contributed by atoms with Crippen LogP contribution >= 0.6 is 31.2 Å². The average molecular weight is 1120 g/mol. The van der Waals surface area contributed by atoms with Crippen LogP contribution in [0.3, 0.4) is 0 Å². The molecule has 77 heavy (non-hydrogen) atoms. The molecule has 6 aromatic rings. The molecule has 0 saturated carbocycles. The third-order valence-electron chi connectivity index (χ3n) is 14.2. The Hall–Kier alpha value is -6.82. The number of hydrogen-bond donors (Lipinski definition) is 1. The molecule has 13 nitrogen and oxygen atoms in total. The number of nitrogens with zero attached hydrogens (tertiary/aromatic N) is 4. The van der Waals surface area contributed by atoms with Crippen LogP contribution in [0.1, 0.15) is 116 Å². The first-order valence-corrected chi connectivity index (χ1v) is 27.2. The minimum absolute atomic E-state index is 0.00455. The molecule has 0 radical (unpaired) electrons. The van der Waals surface area contributed by atoms with E-state index in [1.807, 2.05) is 27.7 Å². The fourth-order valence-corrected chi connectivity index (χ4v) is 14.5. The lowest BCUT2D eigenvalue weighted by Crippen LogP contribution is -2.53. The van der Waals surface area contributed by atoms with Gasteiger partial charge < -0.3 is 23.8 Å². The first kappa shape index (κ1) is 53.6. The third kappa shape index (κ3) is 8.72. The van der Waals surface area contributed by atoms with E-state index in [9.17, 15) is 45.5 Å². The van der Waals surface area contributed by atoms with Crippen molar-refractivity contribution in [2.75, 3.05) is 16.4 Å². The highest BCUT2D eigenvalue weighted by Crippen LogP contribution is 2.63. The number of amides is 3. The summed E-state index contributed by atoms with van der Waals surface area (Å²) in [5.74, 6) is -5.76. The minimum atomic E-state index is -5.34. The van der Waals surface area contributed by atoms with Crippen LogP contribution in [-0.2, 0) is 42.1 Å². The van der Waals surface area contributed by atoms with Crippen molar-refractivity contribution >= 4 is 66.3 Å². The summed E-state index contributed by atoms with van der Waals surface area (Å²) in [6.45, 7) is 14.2. The molecule has 4 aliphatic heterocycles. The van der Waals surface area contributed by atoms with Crippen LogP contribution in [0, 0.1) is 11.3 Å². The average Bonchev–Trinajstić information content (AvgIpc) is 4.37. The van der Waals surface area contributed by atoms with Crippen molar-refractivity contribution in [1.82, 2.24) is 9.99 Å². The number of fused-ring (bicyclic) bond motifs is 12. The molecule has 1 atom stereocenters. The molecule has 4 aliphatic rings. The zero-order chi connectivity index (χ0) is 55.5. The van der Waals surface area contributed by atoms with Crippen LogP contribution in [0.5, 0.6) is 17.2 Å². The Kier molecular flexibility index (Phi) is 13.2. The van der Waals surface area contributed by atoms with Gasteiger partial charge in [0.1, 0.15) is 17.2 Å². The number of alkyl halides is 6. The molecule has 10 rings (SSSR count). The van der Waals surface area contributed by atoms with Crippen molar-refractivity contribution in [3.05, 3.63) is 134 Å². The van der Waals surface area contributed by atoms with E-state index in [-0.39, 0.29) is 93.5 Å². The van der Waals surface area contributed by atoms with E-state index in [4.69, 9.17) is 23.8 Å². The van der Waals surface area contributed by atoms with Gasteiger partial charge >= 0.3 is 38.7 Å². The van der Waals surface area contributed by atoms with Crippen molar-refractivity contribution < 1.29 is 64.0 Å². The second-order valence-corrected chi connectivity index (χ2v) is 23.6. The highest BCUT2D eigenvalue weighted by molar-refractivity contribution is 7.45. The number of hydrogen-bond acceptors (Lipinski definition) is 12. The van der Waals surface area contributed by atoms with Crippen LogP contribution in [0.15, 0.2) is 89.6 Å². The van der Waals surface area contributed by atoms with Gasteiger partial charge in [-0.1, -0.05) is 12.1 Å². The van der Waals surface area contributed by atoms with Crippen molar-refractivity contribution in [3.63, 3.8) is 0 Å². The number of nitriles is 1. The Balaban J connectivity index is 1.09.